The van der Waals surface area contributed by atoms with Crippen molar-refractivity contribution < 1.29 is 0 Å². The number of fused-ring (bicyclic) bond motifs is 1. The van der Waals surface area contributed by atoms with Gasteiger partial charge in [-0.2, -0.15) is 0 Å². The van der Waals surface area contributed by atoms with Gasteiger partial charge in [-0.25, -0.2) is 9.97 Å². The number of benzene rings is 1. The molecule has 5 nitrogen and oxygen atoms in total. The first-order valence-corrected chi connectivity index (χ1v) is 12.0. The Kier molecular flexibility index (Phi) is 6.42. The molecule has 5 heteroatoms. The van der Waals surface area contributed by atoms with Gasteiger partial charge in [-0.3, -0.25) is 4.99 Å². The number of nitrogens with zero attached hydrogens (tertiary/aromatic N) is 4. The summed E-state index contributed by atoms with van der Waals surface area (Å²) >= 11 is 0. The smallest absolute Gasteiger partial charge is 0.139 e. The van der Waals surface area contributed by atoms with Crippen molar-refractivity contribution >= 4 is 23.0 Å². The molecule has 0 atom stereocenters. The molecule has 1 saturated heterocycles. The normalized spacial score (nSPS) is 17.9. The summed E-state index contributed by atoms with van der Waals surface area (Å²) in [4.78, 5) is 16.5. The Morgan fingerprint density at radius 2 is 1.94 bits per heavy atom. The van der Waals surface area contributed by atoms with Crippen molar-refractivity contribution in [2.24, 2.45) is 10.9 Å². The predicted molar refractivity (Wildman–Crippen MR) is 140 cm³/mol. The van der Waals surface area contributed by atoms with Gasteiger partial charge in [0.1, 0.15) is 18.0 Å². The maximum Gasteiger partial charge on any atom is 0.139 e. The molecule has 1 N–H and O–H groups in total. The van der Waals surface area contributed by atoms with Crippen LogP contribution >= 0.6 is 0 Å². The summed E-state index contributed by atoms with van der Waals surface area (Å²) in [6.45, 7) is 19.3. The Morgan fingerprint density at radius 3 is 2.61 bits per heavy atom. The molecule has 2 aliphatic rings. The highest BCUT2D eigenvalue weighted by Gasteiger charge is 2.27. The predicted octanol–water partition coefficient (Wildman–Crippen LogP) is 6.30. The van der Waals surface area contributed by atoms with Crippen LogP contribution in [0.15, 0.2) is 47.9 Å². The van der Waals surface area contributed by atoms with E-state index in [1.807, 2.05) is 0 Å². The van der Waals surface area contributed by atoms with E-state index >= 15 is 0 Å². The van der Waals surface area contributed by atoms with Crippen LogP contribution in [-0.4, -0.2) is 28.8 Å². The van der Waals surface area contributed by atoms with E-state index in [1.165, 1.54) is 28.0 Å². The van der Waals surface area contributed by atoms with Gasteiger partial charge < -0.3 is 10.2 Å². The van der Waals surface area contributed by atoms with Crippen molar-refractivity contribution in [1.29, 1.82) is 0 Å². The molecule has 2 aliphatic heterocycles. The van der Waals surface area contributed by atoms with Gasteiger partial charge in [0.25, 0.3) is 0 Å². The Bertz CT molecular complexity index is 1110. The molecule has 0 radical (unpaired) electrons. The summed E-state index contributed by atoms with van der Waals surface area (Å²) in [5, 5.41) is 3.27. The van der Waals surface area contributed by atoms with Crippen molar-refractivity contribution in [2.75, 3.05) is 23.3 Å². The number of hydrogen-bond donors (Lipinski definition) is 1. The summed E-state index contributed by atoms with van der Waals surface area (Å²) in [6.07, 6.45) is 6.77. The molecule has 0 amide bonds. The van der Waals surface area contributed by atoms with E-state index in [0.29, 0.717) is 5.92 Å². The number of aryl methyl sites for hydroxylation is 1. The molecule has 3 heterocycles. The van der Waals surface area contributed by atoms with E-state index in [0.717, 1.165) is 55.4 Å². The second-order valence-electron chi connectivity index (χ2n) is 10.4. The van der Waals surface area contributed by atoms with Crippen LogP contribution < -0.4 is 10.2 Å². The lowest BCUT2D eigenvalue weighted by molar-refractivity contribution is 0.497. The third-order valence-electron chi connectivity index (χ3n) is 6.90. The highest BCUT2D eigenvalue weighted by Crippen LogP contribution is 2.34. The minimum Gasteiger partial charge on any atom is -0.356 e. The van der Waals surface area contributed by atoms with Crippen molar-refractivity contribution in [3.63, 3.8) is 0 Å². The molecule has 0 bridgehead atoms. The molecule has 33 heavy (non-hydrogen) atoms. The van der Waals surface area contributed by atoms with Crippen molar-refractivity contribution in [1.82, 2.24) is 9.97 Å². The Labute approximate surface area is 198 Å². The zero-order valence-electron chi connectivity index (χ0n) is 21.0. The Balaban J connectivity index is 1.48. The standard InChI is InChI=1S/C28H37N5/c1-8-25(22-10-9-18(2)24(16-22)28(5,6)7)32-20(4)21-11-13-33(14-12-21)27-23-15-19(3)31-26(23)29-17-30-27/h8-10,16-17,21H,3,11-15H2,1-2,4-7H3,(H,29,30,31)/b25-8-,32-20?. The topological polar surface area (TPSA) is 53.4 Å². The van der Waals surface area contributed by atoms with Crippen molar-refractivity contribution in [3.05, 3.63) is 65.1 Å². The molecule has 4 rings (SSSR count). The summed E-state index contributed by atoms with van der Waals surface area (Å²) in [7, 11) is 0. The molecule has 2 aromatic rings. The number of anilines is 2. The first kappa shape index (κ1) is 23.2. The maximum absolute atomic E-state index is 5.12. The van der Waals surface area contributed by atoms with Gasteiger partial charge in [-0.1, -0.05) is 45.6 Å². The lowest BCUT2D eigenvalue weighted by atomic mass is 9.83. The minimum absolute atomic E-state index is 0.119. The van der Waals surface area contributed by atoms with Crippen molar-refractivity contribution in [3.8, 4) is 0 Å². The van der Waals surface area contributed by atoms with Gasteiger partial charge in [0.2, 0.25) is 0 Å². The third-order valence-corrected chi connectivity index (χ3v) is 6.90. The lowest BCUT2D eigenvalue weighted by Crippen LogP contribution is -2.36. The Morgan fingerprint density at radius 1 is 1.21 bits per heavy atom. The van der Waals surface area contributed by atoms with Gasteiger partial charge >= 0.3 is 0 Å². The number of aromatic nitrogens is 2. The van der Waals surface area contributed by atoms with E-state index < -0.39 is 0 Å². The highest BCUT2D eigenvalue weighted by molar-refractivity contribution is 5.90. The zero-order chi connectivity index (χ0) is 23.8. The largest absolute Gasteiger partial charge is 0.356 e. The fourth-order valence-corrected chi connectivity index (χ4v) is 5.05. The van der Waals surface area contributed by atoms with Crippen molar-refractivity contribution in [2.45, 2.75) is 66.2 Å². The quantitative estimate of drug-likeness (QED) is 0.563. The van der Waals surface area contributed by atoms with Gasteiger partial charge in [0, 0.05) is 48.0 Å². The molecule has 174 valence electrons. The van der Waals surface area contributed by atoms with Crippen LogP contribution in [0.2, 0.25) is 0 Å². The molecule has 0 saturated carbocycles. The summed E-state index contributed by atoms with van der Waals surface area (Å²) in [6, 6.07) is 6.75. The average molecular weight is 444 g/mol. The molecule has 1 fully saturated rings. The summed E-state index contributed by atoms with van der Waals surface area (Å²) in [5.74, 6) is 2.46. The van der Waals surface area contributed by atoms with Crippen LogP contribution in [0.3, 0.4) is 0 Å². The number of allylic oxidation sites excluding steroid dienone is 2. The number of piperidine rings is 1. The van der Waals surface area contributed by atoms with Gasteiger partial charge in [0.05, 0.1) is 5.70 Å². The number of hydrogen-bond acceptors (Lipinski definition) is 5. The average Bonchev–Trinajstić information content (AvgIpc) is 3.17. The first-order valence-electron chi connectivity index (χ1n) is 12.0. The number of aliphatic imine (C=N–C) groups is 1. The van der Waals surface area contributed by atoms with Gasteiger partial charge in [-0.05, 0) is 56.2 Å². The molecule has 1 aromatic heterocycles. The molecular formula is C28H37N5. The molecule has 0 spiro atoms. The highest BCUT2D eigenvalue weighted by atomic mass is 15.2. The second-order valence-corrected chi connectivity index (χ2v) is 10.4. The monoisotopic (exact) mass is 443 g/mol. The fraction of sp³-hybridized carbons (Fsp3) is 0.464. The SMILES string of the molecule is C=C1Cc2c(ncnc2N2CCC(C(C)=N/C(=C\C)c3ccc(C)c(C(C)(C)C)c3)CC2)N1. The van der Waals surface area contributed by atoms with E-state index in [4.69, 9.17) is 4.99 Å². The van der Waals surface area contributed by atoms with Crippen LogP contribution in [0.1, 0.15) is 69.7 Å². The van der Waals surface area contributed by atoms with E-state index in [-0.39, 0.29) is 5.41 Å². The van der Waals surface area contributed by atoms with Crippen LogP contribution in [0.5, 0.6) is 0 Å². The lowest BCUT2D eigenvalue weighted by Gasteiger charge is -2.33. The minimum atomic E-state index is 0.119. The maximum atomic E-state index is 5.12. The molecule has 0 aliphatic carbocycles. The second kappa shape index (κ2) is 9.12. The number of rotatable bonds is 4. The Hall–Kier alpha value is -2.95. The molecule has 0 unspecified atom stereocenters. The van der Waals surface area contributed by atoms with E-state index in [9.17, 15) is 0 Å². The summed E-state index contributed by atoms with van der Waals surface area (Å²) < 4.78 is 0. The van der Waals surface area contributed by atoms with Crippen LogP contribution in [-0.2, 0) is 11.8 Å². The third kappa shape index (κ3) is 4.87. The van der Waals surface area contributed by atoms with Crippen LogP contribution in [0.25, 0.3) is 5.70 Å². The van der Waals surface area contributed by atoms with Gasteiger partial charge in [-0.15, -0.1) is 0 Å². The van der Waals surface area contributed by atoms with Gasteiger partial charge in [0.15, 0.2) is 0 Å². The molecule has 1 aromatic carbocycles. The zero-order valence-corrected chi connectivity index (χ0v) is 21.0. The van der Waals surface area contributed by atoms with E-state index in [2.05, 4.69) is 92.6 Å². The van der Waals surface area contributed by atoms with E-state index in [1.54, 1.807) is 6.33 Å². The fourth-order valence-electron chi connectivity index (χ4n) is 5.05. The molecular weight excluding hydrogens is 406 g/mol. The first-order chi connectivity index (χ1) is 15.7. The van der Waals surface area contributed by atoms with Crippen LogP contribution in [0, 0.1) is 12.8 Å². The van der Waals surface area contributed by atoms with Crippen LogP contribution in [0.4, 0.5) is 11.6 Å². The summed E-state index contributed by atoms with van der Waals surface area (Å²) in [5.41, 5.74) is 8.51. The number of nitrogens with one attached hydrogen (secondary N) is 1.